The standard InChI is InChI=1S/C11H11N3O2/c1-7-5-3-4-6-9(7)10-12-11(16)14(13-10)8(2)15/h3-6H,1-2H3,(H,12,13,16). The zero-order valence-electron chi connectivity index (χ0n) is 9.02. The van der Waals surface area contributed by atoms with Gasteiger partial charge in [-0.2, -0.15) is 0 Å². The van der Waals surface area contributed by atoms with Gasteiger partial charge in [0.1, 0.15) is 0 Å². The van der Waals surface area contributed by atoms with Crippen molar-refractivity contribution in [2.45, 2.75) is 13.8 Å². The molecule has 0 bridgehead atoms. The molecule has 0 atom stereocenters. The summed E-state index contributed by atoms with van der Waals surface area (Å²) in [4.78, 5) is 25.0. The molecular formula is C11H11N3O2. The smallest absolute Gasteiger partial charge is 0.288 e. The van der Waals surface area contributed by atoms with Crippen LogP contribution >= 0.6 is 0 Å². The van der Waals surface area contributed by atoms with Crippen LogP contribution in [-0.4, -0.2) is 20.7 Å². The summed E-state index contributed by atoms with van der Waals surface area (Å²) in [7, 11) is 0. The molecule has 82 valence electrons. The maximum absolute atomic E-state index is 11.4. The maximum atomic E-state index is 11.4. The lowest BCUT2D eigenvalue weighted by Crippen LogP contribution is -2.22. The van der Waals surface area contributed by atoms with Gasteiger partial charge in [0.25, 0.3) is 0 Å². The van der Waals surface area contributed by atoms with E-state index in [0.29, 0.717) is 5.82 Å². The molecule has 0 aliphatic heterocycles. The highest BCUT2D eigenvalue weighted by Crippen LogP contribution is 2.17. The average molecular weight is 217 g/mol. The van der Waals surface area contributed by atoms with Crippen molar-refractivity contribution in [1.82, 2.24) is 14.8 Å². The Bertz CT molecular complexity index is 595. The van der Waals surface area contributed by atoms with Crippen LogP contribution in [-0.2, 0) is 0 Å². The highest BCUT2D eigenvalue weighted by Gasteiger charge is 2.11. The number of carbonyl (C=O) groups excluding carboxylic acids is 1. The third-order valence-corrected chi connectivity index (χ3v) is 2.32. The minimum atomic E-state index is -0.509. The fourth-order valence-electron chi connectivity index (χ4n) is 1.50. The Morgan fingerprint density at radius 3 is 2.62 bits per heavy atom. The number of aromatic amines is 1. The predicted octanol–water partition coefficient (Wildman–Crippen LogP) is 1.21. The molecule has 5 heteroatoms. The van der Waals surface area contributed by atoms with E-state index in [1.807, 2.05) is 31.2 Å². The highest BCUT2D eigenvalue weighted by molar-refractivity contribution is 5.75. The summed E-state index contributed by atoms with van der Waals surface area (Å²) >= 11 is 0. The van der Waals surface area contributed by atoms with Gasteiger partial charge in [0.15, 0.2) is 5.82 Å². The van der Waals surface area contributed by atoms with E-state index in [-0.39, 0.29) is 0 Å². The van der Waals surface area contributed by atoms with Crippen molar-refractivity contribution in [2.75, 3.05) is 0 Å². The van der Waals surface area contributed by atoms with Gasteiger partial charge in [0.05, 0.1) is 0 Å². The fourth-order valence-corrected chi connectivity index (χ4v) is 1.50. The largest absolute Gasteiger partial charge is 0.350 e. The van der Waals surface area contributed by atoms with Gasteiger partial charge < -0.3 is 0 Å². The van der Waals surface area contributed by atoms with Gasteiger partial charge in [-0.3, -0.25) is 9.78 Å². The van der Waals surface area contributed by atoms with E-state index in [2.05, 4.69) is 10.1 Å². The van der Waals surface area contributed by atoms with Crippen molar-refractivity contribution >= 4 is 5.91 Å². The van der Waals surface area contributed by atoms with Gasteiger partial charge in [-0.25, -0.2) is 4.79 Å². The molecule has 5 nitrogen and oxygen atoms in total. The van der Waals surface area contributed by atoms with E-state index in [1.54, 1.807) is 0 Å². The second-order valence-corrected chi connectivity index (χ2v) is 3.52. The van der Waals surface area contributed by atoms with E-state index in [0.717, 1.165) is 15.8 Å². The van der Waals surface area contributed by atoms with Gasteiger partial charge in [0, 0.05) is 12.5 Å². The monoisotopic (exact) mass is 217 g/mol. The Balaban J connectivity index is 2.59. The lowest BCUT2D eigenvalue weighted by atomic mass is 10.1. The summed E-state index contributed by atoms with van der Waals surface area (Å²) in [6, 6.07) is 7.52. The quantitative estimate of drug-likeness (QED) is 0.780. The molecule has 0 aliphatic carbocycles. The first-order valence-electron chi connectivity index (χ1n) is 4.86. The first-order chi connectivity index (χ1) is 7.59. The SMILES string of the molecule is CC(=O)n1nc(-c2ccccc2C)[nH]c1=O. The number of hydrogen-bond acceptors (Lipinski definition) is 3. The predicted molar refractivity (Wildman–Crippen MR) is 59.3 cm³/mol. The van der Waals surface area contributed by atoms with Crippen LogP contribution in [0.4, 0.5) is 0 Å². The van der Waals surface area contributed by atoms with Gasteiger partial charge in [-0.15, -0.1) is 9.78 Å². The zero-order valence-corrected chi connectivity index (χ0v) is 9.02. The van der Waals surface area contributed by atoms with Gasteiger partial charge in [-0.1, -0.05) is 24.3 Å². The Hall–Kier alpha value is -2.17. The van der Waals surface area contributed by atoms with E-state index < -0.39 is 11.6 Å². The topological polar surface area (TPSA) is 67.8 Å². The molecule has 0 amide bonds. The zero-order chi connectivity index (χ0) is 11.7. The second-order valence-electron chi connectivity index (χ2n) is 3.52. The number of H-pyrrole nitrogens is 1. The van der Waals surface area contributed by atoms with Crippen LogP contribution in [0.15, 0.2) is 29.1 Å². The van der Waals surface area contributed by atoms with Crippen LogP contribution in [0.2, 0.25) is 0 Å². The number of benzene rings is 1. The molecule has 0 radical (unpaired) electrons. The number of carbonyl (C=O) groups is 1. The molecule has 2 rings (SSSR count). The van der Waals surface area contributed by atoms with Crippen molar-refractivity contribution in [3.05, 3.63) is 40.3 Å². The molecule has 2 aromatic rings. The first-order valence-corrected chi connectivity index (χ1v) is 4.86. The van der Waals surface area contributed by atoms with Crippen molar-refractivity contribution in [3.63, 3.8) is 0 Å². The number of aromatic nitrogens is 3. The van der Waals surface area contributed by atoms with Crippen LogP contribution in [0, 0.1) is 6.92 Å². The third kappa shape index (κ3) is 1.67. The Morgan fingerprint density at radius 2 is 2.06 bits per heavy atom. The van der Waals surface area contributed by atoms with Crippen LogP contribution in [0.3, 0.4) is 0 Å². The normalized spacial score (nSPS) is 10.4. The number of nitrogens with one attached hydrogen (secondary N) is 1. The van der Waals surface area contributed by atoms with Gasteiger partial charge in [0.2, 0.25) is 5.91 Å². The Labute approximate surface area is 91.7 Å². The minimum absolute atomic E-state index is 0.402. The molecule has 1 N–H and O–H groups in total. The van der Waals surface area contributed by atoms with E-state index in [1.165, 1.54) is 6.92 Å². The molecule has 0 fully saturated rings. The van der Waals surface area contributed by atoms with Crippen molar-refractivity contribution < 1.29 is 4.79 Å². The van der Waals surface area contributed by atoms with Gasteiger partial charge >= 0.3 is 5.69 Å². The van der Waals surface area contributed by atoms with Crippen LogP contribution in [0.1, 0.15) is 17.3 Å². The molecular weight excluding hydrogens is 206 g/mol. The van der Waals surface area contributed by atoms with E-state index in [4.69, 9.17) is 0 Å². The molecule has 0 saturated heterocycles. The number of rotatable bonds is 1. The average Bonchev–Trinajstić information content (AvgIpc) is 2.61. The molecule has 1 heterocycles. The summed E-state index contributed by atoms with van der Waals surface area (Å²) in [5, 5.41) is 3.94. The van der Waals surface area contributed by atoms with Crippen molar-refractivity contribution in [3.8, 4) is 11.4 Å². The highest BCUT2D eigenvalue weighted by atomic mass is 16.2. The summed E-state index contributed by atoms with van der Waals surface area (Å²) in [5.41, 5.74) is 1.30. The second kappa shape index (κ2) is 3.77. The Kier molecular flexibility index (Phi) is 2.44. The Morgan fingerprint density at radius 1 is 1.38 bits per heavy atom. The molecule has 0 unspecified atom stereocenters. The first kappa shape index (κ1) is 10.4. The van der Waals surface area contributed by atoms with Crippen LogP contribution in [0.5, 0.6) is 0 Å². The summed E-state index contributed by atoms with van der Waals surface area (Å²) in [6.07, 6.45) is 0. The lowest BCUT2D eigenvalue weighted by molar-refractivity contribution is 0.0917. The van der Waals surface area contributed by atoms with Gasteiger partial charge in [-0.05, 0) is 12.5 Å². The minimum Gasteiger partial charge on any atom is -0.288 e. The number of hydrogen-bond donors (Lipinski definition) is 1. The number of nitrogens with zero attached hydrogens (tertiary/aromatic N) is 2. The molecule has 0 spiro atoms. The van der Waals surface area contributed by atoms with E-state index >= 15 is 0 Å². The third-order valence-electron chi connectivity index (χ3n) is 2.32. The van der Waals surface area contributed by atoms with Crippen LogP contribution < -0.4 is 5.69 Å². The summed E-state index contributed by atoms with van der Waals surface area (Å²) in [5.74, 6) is 0.0133. The van der Waals surface area contributed by atoms with E-state index in [9.17, 15) is 9.59 Å². The molecule has 16 heavy (non-hydrogen) atoms. The molecule has 0 aliphatic rings. The maximum Gasteiger partial charge on any atom is 0.350 e. The summed E-state index contributed by atoms with van der Waals surface area (Å²) < 4.78 is 0.821. The molecule has 0 saturated carbocycles. The van der Waals surface area contributed by atoms with Crippen molar-refractivity contribution in [2.24, 2.45) is 0 Å². The summed E-state index contributed by atoms with van der Waals surface area (Å²) in [6.45, 7) is 3.21. The van der Waals surface area contributed by atoms with Crippen molar-refractivity contribution in [1.29, 1.82) is 0 Å². The fraction of sp³-hybridized carbons (Fsp3) is 0.182. The lowest BCUT2D eigenvalue weighted by Gasteiger charge is -1.99. The molecule has 1 aromatic heterocycles. The number of aryl methyl sites for hydroxylation is 1. The molecule has 1 aromatic carbocycles. The van der Waals surface area contributed by atoms with Crippen LogP contribution in [0.25, 0.3) is 11.4 Å².